The Hall–Kier alpha value is -2.16. The number of primary amides is 1. The first-order chi connectivity index (χ1) is 8.79. The molecular weight excluding hydrogens is 260 g/mol. The Balaban J connectivity index is 0. The van der Waals surface area contributed by atoms with Crippen molar-refractivity contribution in [2.75, 3.05) is 0 Å². The van der Waals surface area contributed by atoms with Gasteiger partial charge in [0.05, 0.1) is 0 Å². The summed E-state index contributed by atoms with van der Waals surface area (Å²) in [5.74, 6) is -2.90. The average molecular weight is 278 g/mol. The van der Waals surface area contributed by atoms with Crippen molar-refractivity contribution in [3.05, 3.63) is 0 Å². The number of amides is 2. The van der Waals surface area contributed by atoms with Gasteiger partial charge in [0.1, 0.15) is 0 Å². The molecule has 2 amide bonds. The Kier molecular flexibility index (Phi) is 12.4. The predicted octanol–water partition coefficient (Wildman–Crippen LogP) is -0.527. The van der Waals surface area contributed by atoms with Crippen LogP contribution >= 0.6 is 0 Å². The minimum Gasteiger partial charge on any atom is -0.481 e. The van der Waals surface area contributed by atoms with Crippen LogP contribution in [0.4, 0.5) is 0 Å². The maximum absolute atomic E-state index is 10.1. The topological polar surface area (TPSA) is 167 Å². The lowest BCUT2D eigenvalue weighted by atomic mass is 10.2. The molecule has 0 fully saturated rings. The minimum atomic E-state index is -0.870. The molecule has 0 spiro atoms. The minimum absolute atomic E-state index is 0.0353. The summed E-state index contributed by atoms with van der Waals surface area (Å²) in [6, 6.07) is 0. The molecule has 110 valence electrons. The molecule has 19 heavy (non-hydrogen) atoms. The highest BCUT2D eigenvalue weighted by atomic mass is 16.5. The number of carbonyl (C=O) groups is 4. The fraction of sp³-hybridized carbons (Fsp3) is 0.600. The van der Waals surface area contributed by atoms with E-state index in [9.17, 15) is 19.2 Å². The third-order valence-electron chi connectivity index (χ3n) is 1.75. The van der Waals surface area contributed by atoms with Gasteiger partial charge in [-0.2, -0.15) is 0 Å². The number of aliphatic carboxylic acids is 2. The van der Waals surface area contributed by atoms with E-state index in [4.69, 9.17) is 21.2 Å². The monoisotopic (exact) mass is 278 g/mol. The van der Waals surface area contributed by atoms with Crippen LogP contribution in [0.3, 0.4) is 0 Å². The van der Waals surface area contributed by atoms with Crippen molar-refractivity contribution in [2.45, 2.75) is 38.5 Å². The molecule has 0 unspecified atom stereocenters. The number of hydrogen-bond donors (Lipinski definition) is 5. The first-order valence-corrected chi connectivity index (χ1v) is 5.44. The molecule has 0 bridgehead atoms. The molecule has 9 heteroatoms. The van der Waals surface area contributed by atoms with Gasteiger partial charge in [0.25, 0.3) is 0 Å². The number of carboxylic acid groups (broad SMARTS) is 2. The second-order valence-electron chi connectivity index (χ2n) is 3.50. The molecule has 0 atom stereocenters. The molecule has 0 saturated carbocycles. The van der Waals surface area contributed by atoms with E-state index in [0.29, 0.717) is 12.8 Å². The fourth-order valence-electron chi connectivity index (χ4n) is 0.845. The van der Waals surface area contributed by atoms with Crippen LogP contribution in [0.25, 0.3) is 0 Å². The molecular formula is C10H18N2O7. The Morgan fingerprint density at radius 3 is 1.53 bits per heavy atom. The van der Waals surface area contributed by atoms with Crippen LogP contribution < -0.4 is 11.2 Å². The van der Waals surface area contributed by atoms with Gasteiger partial charge in [0.15, 0.2) is 0 Å². The van der Waals surface area contributed by atoms with E-state index in [2.05, 4.69) is 0 Å². The molecule has 0 aromatic heterocycles. The van der Waals surface area contributed by atoms with Crippen molar-refractivity contribution in [3.63, 3.8) is 0 Å². The fourth-order valence-corrected chi connectivity index (χ4v) is 0.845. The largest absolute Gasteiger partial charge is 0.481 e. The Morgan fingerprint density at radius 2 is 1.26 bits per heavy atom. The second-order valence-corrected chi connectivity index (χ2v) is 3.50. The van der Waals surface area contributed by atoms with Gasteiger partial charge in [-0.05, 0) is 12.8 Å². The summed E-state index contributed by atoms with van der Waals surface area (Å²) in [7, 11) is 0. The molecule has 0 heterocycles. The molecule has 0 saturated heterocycles. The zero-order chi connectivity index (χ0) is 15.3. The number of rotatable bonds is 8. The van der Waals surface area contributed by atoms with Crippen LogP contribution in [0.1, 0.15) is 38.5 Å². The molecule has 6 N–H and O–H groups in total. The number of carboxylic acids is 2. The van der Waals surface area contributed by atoms with Crippen molar-refractivity contribution >= 4 is 23.8 Å². The van der Waals surface area contributed by atoms with Crippen LogP contribution in [0, 0.1) is 0 Å². The van der Waals surface area contributed by atoms with E-state index in [1.165, 1.54) is 5.48 Å². The number of carbonyl (C=O) groups excluding carboxylic acids is 2. The zero-order valence-electron chi connectivity index (χ0n) is 10.3. The van der Waals surface area contributed by atoms with Gasteiger partial charge in [-0.3, -0.25) is 24.4 Å². The third-order valence-corrected chi connectivity index (χ3v) is 1.75. The Bertz CT molecular complexity index is 301. The maximum Gasteiger partial charge on any atom is 0.303 e. The van der Waals surface area contributed by atoms with Crippen molar-refractivity contribution in [3.8, 4) is 0 Å². The Morgan fingerprint density at radius 1 is 0.842 bits per heavy atom. The van der Waals surface area contributed by atoms with Gasteiger partial charge in [0.2, 0.25) is 11.8 Å². The van der Waals surface area contributed by atoms with Crippen LogP contribution in [-0.2, 0) is 19.2 Å². The lowest BCUT2D eigenvalue weighted by Crippen LogP contribution is -2.21. The first-order valence-electron chi connectivity index (χ1n) is 5.44. The molecule has 0 aliphatic heterocycles. The first kappa shape index (κ1) is 19.2. The summed E-state index contributed by atoms with van der Waals surface area (Å²) in [5, 5.41) is 24.2. The number of nitrogens with one attached hydrogen (secondary N) is 1. The van der Waals surface area contributed by atoms with Gasteiger partial charge in [-0.15, -0.1) is 0 Å². The van der Waals surface area contributed by atoms with Crippen molar-refractivity contribution in [1.82, 2.24) is 5.48 Å². The molecule has 0 aromatic carbocycles. The molecule has 0 aromatic rings. The lowest BCUT2D eigenvalue weighted by molar-refractivity contribution is -0.139. The van der Waals surface area contributed by atoms with Gasteiger partial charge in [-0.1, -0.05) is 0 Å². The summed E-state index contributed by atoms with van der Waals surface area (Å²) >= 11 is 0. The van der Waals surface area contributed by atoms with Gasteiger partial charge >= 0.3 is 11.9 Å². The highest BCUT2D eigenvalue weighted by molar-refractivity contribution is 5.82. The number of unbranched alkanes of at least 4 members (excludes halogenated alkanes) is 1. The van der Waals surface area contributed by atoms with Gasteiger partial charge in [0, 0.05) is 25.7 Å². The predicted molar refractivity (Wildman–Crippen MR) is 62.1 cm³/mol. The number of nitrogens with two attached hydrogens (primary N) is 1. The molecule has 0 rings (SSSR count). The normalized spacial score (nSPS) is 8.89. The number of hydroxylamine groups is 1. The maximum atomic E-state index is 10.1. The van der Waals surface area contributed by atoms with Crippen LogP contribution in [0.2, 0.25) is 0 Å². The molecule has 0 aliphatic rings. The smallest absolute Gasteiger partial charge is 0.303 e. The van der Waals surface area contributed by atoms with E-state index >= 15 is 0 Å². The second kappa shape index (κ2) is 12.3. The van der Waals surface area contributed by atoms with Crippen LogP contribution in [-0.4, -0.2) is 39.2 Å². The number of hydrogen-bond acceptors (Lipinski definition) is 5. The van der Waals surface area contributed by atoms with Gasteiger partial charge in [-0.25, -0.2) is 5.48 Å². The Labute approximate surface area is 109 Å². The van der Waals surface area contributed by atoms with E-state index in [1.54, 1.807) is 0 Å². The van der Waals surface area contributed by atoms with Gasteiger partial charge < -0.3 is 15.9 Å². The van der Waals surface area contributed by atoms with E-state index in [1.807, 2.05) is 0 Å². The van der Waals surface area contributed by atoms with E-state index in [0.717, 1.165) is 0 Å². The SMILES string of the molecule is NC(=O)CCC(=O)NO.O=C(O)CCCCC(=O)O. The summed E-state index contributed by atoms with van der Waals surface area (Å²) in [4.78, 5) is 39.9. The molecule has 9 nitrogen and oxygen atoms in total. The van der Waals surface area contributed by atoms with Crippen LogP contribution in [0.5, 0.6) is 0 Å². The van der Waals surface area contributed by atoms with E-state index < -0.39 is 23.8 Å². The highest BCUT2D eigenvalue weighted by Gasteiger charge is 2.00. The summed E-state index contributed by atoms with van der Waals surface area (Å²) in [6.07, 6.45) is 0.919. The summed E-state index contributed by atoms with van der Waals surface area (Å²) in [6.45, 7) is 0. The lowest BCUT2D eigenvalue weighted by Gasteiger charge is -1.92. The zero-order valence-corrected chi connectivity index (χ0v) is 10.3. The van der Waals surface area contributed by atoms with Crippen molar-refractivity contribution < 1.29 is 34.6 Å². The van der Waals surface area contributed by atoms with E-state index in [-0.39, 0.29) is 25.7 Å². The summed E-state index contributed by atoms with van der Waals surface area (Å²) in [5.41, 5.74) is 6.07. The highest BCUT2D eigenvalue weighted by Crippen LogP contribution is 1.98. The molecule has 0 radical (unpaired) electrons. The quantitative estimate of drug-likeness (QED) is 0.226. The van der Waals surface area contributed by atoms with Crippen molar-refractivity contribution in [2.24, 2.45) is 5.73 Å². The van der Waals surface area contributed by atoms with Crippen molar-refractivity contribution in [1.29, 1.82) is 0 Å². The van der Waals surface area contributed by atoms with Crippen LogP contribution in [0.15, 0.2) is 0 Å². The average Bonchev–Trinajstić information content (AvgIpc) is 2.32. The standard InChI is InChI=1S/C6H10O4.C4H8N2O3/c7-5(8)3-1-2-4-6(9)10;5-3(7)1-2-4(8)6-9/h1-4H2,(H,7,8)(H,9,10);9H,1-2H2,(H2,5,7)(H,6,8). The molecule has 0 aliphatic carbocycles. The third kappa shape index (κ3) is 21.6. The summed E-state index contributed by atoms with van der Waals surface area (Å²) < 4.78 is 0.